The Kier molecular flexibility index (Phi) is 6.12. The molecule has 0 unspecified atom stereocenters. The van der Waals surface area contributed by atoms with Gasteiger partial charge in [0.05, 0.1) is 6.61 Å². The van der Waals surface area contributed by atoms with E-state index in [0.29, 0.717) is 11.3 Å². The molecule has 0 saturated heterocycles. The molecule has 1 N–H and O–H groups in total. The second-order valence-corrected chi connectivity index (χ2v) is 4.98. The zero-order chi connectivity index (χ0) is 17.5. The van der Waals surface area contributed by atoms with Crippen LogP contribution in [0.5, 0.6) is 11.5 Å². The normalized spacial score (nSPS) is 10.5. The molecular weight excluding hydrogens is 316 g/mol. The van der Waals surface area contributed by atoms with Crippen LogP contribution in [0.15, 0.2) is 42.5 Å². The van der Waals surface area contributed by atoms with Crippen LogP contribution in [0, 0.1) is 0 Å². The molecule has 0 radical (unpaired) electrons. The fourth-order valence-corrected chi connectivity index (χ4v) is 2.14. The monoisotopic (exact) mass is 335 g/mol. The lowest BCUT2D eigenvalue weighted by molar-refractivity contribution is -0.0514. The number of amides is 1. The summed E-state index contributed by atoms with van der Waals surface area (Å²) in [5.74, 6) is -0.355. The third-order valence-electron chi connectivity index (χ3n) is 3.34. The largest absolute Gasteiger partial charge is 0.490 e. The first-order chi connectivity index (χ1) is 11.5. The number of hydrogen-bond acceptors (Lipinski definition) is 3. The van der Waals surface area contributed by atoms with Crippen molar-refractivity contribution in [1.82, 2.24) is 0 Å². The van der Waals surface area contributed by atoms with Gasteiger partial charge in [0, 0.05) is 11.3 Å². The molecule has 0 atom stereocenters. The van der Waals surface area contributed by atoms with Crippen LogP contribution in [0.3, 0.4) is 0 Å². The van der Waals surface area contributed by atoms with Gasteiger partial charge in [-0.25, -0.2) is 0 Å². The number of nitrogens with one attached hydrogen (secondary N) is 1. The minimum absolute atomic E-state index is 0.101. The first-order valence-electron chi connectivity index (χ1n) is 7.65. The molecule has 0 aliphatic rings. The van der Waals surface area contributed by atoms with Crippen LogP contribution in [0.2, 0.25) is 0 Å². The zero-order valence-electron chi connectivity index (χ0n) is 13.5. The van der Waals surface area contributed by atoms with Crippen molar-refractivity contribution in [1.29, 1.82) is 0 Å². The molecule has 128 valence electrons. The van der Waals surface area contributed by atoms with Gasteiger partial charge < -0.3 is 14.8 Å². The van der Waals surface area contributed by atoms with Crippen LogP contribution in [-0.2, 0) is 6.42 Å². The highest BCUT2D eigenvalue weighted by molar-refractivity contribution is 6.04. The number of carbonyl (C=O) groups excluding carboxylic acids is 1. The van der Waals surface area contributed by atoms with E-state index in [1.54, 1.807) is 6.92 Å². The summed E-state index contributed by atoms with van der Waals surface area (Å²) in [5.41, 5.74) is 2.11. The molecule has 4 nitrogen and oxygen atoms in total. The number of anilines is 1. The van der Waals surface area contributed by atoms with E-state index < -0.39 is 6.61 Å². The second kappa shape index (κ2) is 8.29. The van der Waals surface area contributed by atoms with E-state index in [0.717, 1.165) is 6.42 Å². The van der Waals surface area contributed by atoms with Crippen LogP contribution >= 0.6 is 0 Å². The van der Waals surface area contributed by atoms with Crippen molar-refractivity contribution in [3.63, 3.8) is 0 Å². The molecule has 0 heterocycles. The molecule has 0 aromatic heterocycles. The summed E-state index contributed by atoms with van der Waals surface area (Å²) in [6, 6.07) is 11.6. The van der Waals surface area contributed by atoms with E-state index in [2.05, 4.69) is 10.1 Å². The summed E-state index contributed by atoms with van der Waals surface area (Å²) in [6.45, 7) is 1.07. The summed E-state index contributed by atoms with van der Waals surface area (Å²) >= 11 is 0. The summed E-state index contributed by atoms with van der Waals surface area (Å²) in [7, 11) is 0. The van der Waals surface area contributed by atoms with E-state index in [1.807, 2.05) is 31.2 Å². The van der Waals surface area contributed by atoms with Crippen molar-refractivity contribution >= 4 is 11.6 Å². The van der Waals surface area contributed by atoms with Crippen molar-refractivity contribution in [3.05, 3.63) is 53.6 Å². The predicted octanol–water partition coefficient (Wildman–Crippen LogP) is 4.50. The summed E-state index contributed by atoms with van der Waals surface area (Å²) in [6.07, 6.45) is 0.914. The first-order valence-corrected chi connectivity index (χ1v) is 7.65. The highest BCUT2D eigenvalue weighted by atomic mass is 19.3. The van der Waals surface area contributed by atoms with Crippen molar-refractivity contribution in [2.45, 2.75) is 26.9 Å². The number of halogens is 2. The summed E-state index contributed by atoms with van der Waals surface area (Å²) in [5, 5.41) is 2.76. The Balaban J connectivity index is 2.17. The van der Waals surface area contributed by atoms with Gasteiger partial charge in [0.2, 0.25) is 0 Å². The molecule has 2 aromatic rings. The van der Waals surface area contributed by atoms with Crippen LogP contribution in [0.1, 0.15) is 29.8 Å². The molecule has 0 aliphatic carbocycles. The maximum absolute atomic E-state index is 12.4. The van der Waals surface area contributed by atoms with E-state index in [-0.39, 0.29) is 24.0 Å². The highest BCUT2D eigenvalue weighted by Gasteiger charge is 2.14. The number of hydrogen-bond donors (Lipinski definition) is 1. The van der Waals surface area contributed by atoms with Gasteiger partial charge in [-0.3, -0.25) is 4.79 Å². The van der Waals surface area contributed by atoms with Crippen LogP contribution in [0.4, 0.5) is 14.5 Å². The maximum Gasteiger partial charge on any atom is 0.387 e. The fourth-order valence-electron chi connectivity index (χ4n) is 2.14. The van der Waals surface area contributed by atoms with E-state index in [9.17, 15) is 13.6 Å². The highest BCUT2D eigenvalue weighted by Crippen LogP contribution is 2.30. The van der Waals surface area contributed by atoms with Gasteiger partial charge in [0.15, 0.2) is 11.5 Å². The Morgan fingerprint density at radius 1 is 1.08 bits per heavy atom. The van der Waals surface area contributed by atoms with Crippen LogP contribution in [-0.4, -0.2) is 19.1 Å². The van der Waals surface area contributed by atoms with Gasteiger partial charge in [-0.2, -0.15) is 8.78 Å². The maximum atomic E-state index is 12.4. The number of aryl methyl sites for hydroxylation is 1. The fraction of sp³-hybridized carbons (Fsp3) is 0.278. The molecule has 0 spiro atoms. The summed E-state index contributed by atoms with van der Waals surface area (Å²) < 4.78 is 34.4. The average molecular weight is 335 g/mol. The molecule has 0 fully saturated rings. The lowest BCUT2D eigenvalue weighted by Crippen LogP contribution is -2.13. The Labute approximate surface area is 139 Å². The number of alkyl halides is 2. The minimum Gasteiger partial charge on any atom is -0.490 e. The molecule has 2 rings (SSSR count). The van der Waals surface area contributed by atoms with Gasteiger partial charge in [-0.1, -0.05) is 19.1 Å². The van der Waals surface area contributed by atoms with E-state index in [1.165, 1.54) is 23.8 Å². The van der Waals surface area contributed by atoms with Crippen molar-refractivity contribution in [2.24, 2.45) is 0 Å². The lowest BCUT2D eigenvalue weighted by Gasteiger charge is -2.13. The molecular formula is C18H19F2NO3. The first kappa shape index (κ1) is 17.7. The van der Waals surface area contributed by atoms with Gasteiger partial charge in [-0.05, 0) is 49.2 Å². The molecule has 0 saturated carbocycles. The molecule has 2 aromatic carbocycles. The van der Waals surface area contributed by atoms with Gasteiger partial charge >= 0.3 is 6.61 Å². The average Bonchev–Trinajstić information content (AvgIpc) is 2.57. The molecule has 0 aliphatic heterocycles. The van der Waals surface area contributed by atoms with Crippen LogP contribution < -0.4 is 14.8 Å². The van der Waals surface area contributed by atoms with Crippen LogP contribution in [0.25, 0.3) is 0 Å². The molecule has 0 bridgehead atoms. The van der Waals surface area contributed by atoms with Crippen molar-refractivity contribution in [3.8, 4) is 11.5 Å². The van der Waals surface area contributed by atoms with Gasteiger partial charge in [-0.15, -0.1) is 0 Å². The quantitative estimate of drug-likeness (QED) is 0.810. The minimum atomic E-state index is -2.96. The van der Waals surface area contributed by atoms with Crippen molar-refractivity contribution < 1.29 is 23.0 Å². The Morgan fingerprint density at radius 3 is 2.38 bits per heavy atom. The third kappa shape index (κ3) is 4.68. The van der Waals surface area contributed by atoms with E-state index in [4.69, 9.17) is 4.74 Å². The summed E-state index contributed by atoms with van der Waals surface area (Å²) in [4.78, 5) is 12.3. The van der Waals surface area contributed by atoms with Gasteiger partial charge in [0.25, 0.3) is 5.91 Å². The predicted molar refractivity (Wildman–Crippen MR) is 88.0 cm³/mol. The number of rotatable bonds is 7. The lowest BCUT2D eigenvalue weighted by atomic mass is 10.1. The molecule has 24 heavy (non-hydrogen) atoms. The Hall–Kier alpha value is -2.63. The number of ether oxygens (including phenoxy) is 2. The van der Waals surface area contributed by atoms with Crippen molar-refractivity contribution in [2.75, 3.05) is 11.9 Å². The standard InChI is InChI=1S/C18H19F2NO3/c1-3-12-5-8-14(9-6-12)21-17(22)13-7-10-15(24-18(19)20)16(11-13)23-4-2/h5-11,18H,3-4H2,1-2H3,(H,21,22). The van der Waals surface area contributed by atoms with E-state index >= 15 is 0 Å². The SMILES string of the molecule is CCOc1cc(C(=O)Nc2ccc(CC)cc2)ccc1OC(F)F. The molecule has 6 heteroatoms. The Bertz CT molecular complexity index is 687. The molecule has 1 amide bonds. The third-order valence-corrected chi connectivity index (χ3v) is 3.34. The van der Waals surface area contributed by atoms with Gasteiger partial charge in [0.1, 0.15) is 0 Å². The smallest absolute Gasteiger partial charge is 0.387 e. The Morgan fingerprint density at radius 2 is 1.79 bits per heavy atom. The zero-order valence-corrected chi connectivity index (χ0v) is 13.5. The number of carbonyl (C=O) groups is 1. The second-order valence-electron chi connectivity index (χ2n) is 4.98. The topological polar surface area (TPSA) is 47.6 Å². The number of benzene rings is 2.